The van der Waals surface area contributed by atoms with Gasteiger partial charge in [0.1, 0.15) is 5.50 Å². The number of hydrogen-bond donors (Lipinski definition) is 3. The highest BCUT2D eigenvalue weighted by Gasteiger charge is 2.23. The minimum atomic E-state index is -0.903. The lowest BCUT2D eigenvalue weighted by atomic mass is 9.82. The molecule has 1 fully saturated rings. The molecule has 0 bridgehead atoms. The molecule has 0 saturated heterocycles. The van der Waals surface area contributed by atoms with Gasteiger partial charge in [-0.2, -0.15) is 0 Å². The number of aliphatic hydroxyl groups excluding tert-OH is 1. The van der Waals surface area contributed by atoms with Gasteiger partial charge in [0.2, 0.25) is 0 Å². The number of hydrogen-bond acceptors (Lipinski definition) is 6. The van der Waals surface area contributed by atoms with Gasteiger partial charge >= 0.3 is 5.97 Å². The van der Waals surface area contributed by atoms with E-state index in [4.69, 9.17) is 5.11 Å². The predicted molar refractivity (Wildman–Crippen MR) is 160 cm³/mol. The Bertz CT molecular complexity index is 1290. The summed E-state index contributed by atoms with van der Waals surface area (Å²) in [5.74, 6) is -0.422. The van der Waals surface area contributed by atoms with Crippen LogP contribution in [0.1, 0.15) is 64.2 Å². The normalized spacial score (nSPS) is 20.9. The Morgan fingerprint density at radius 1 is 0.923 bits per heavy atom. The van der Waals surface area contributed by atoms with E-state index in [2.05, 4.69) is 83.2 Å². The molecule has 5 rings (SSSR count). The minimum Gasteiger partial charge on any atom is -0.478 e. The number of aliphatic hydroxyl groups is 1. The summed E-state index contributed by atoms with van der Waals surface area (Å²) < 4.78 is 0. The van der Waals surface area contributed by atoms with Crippen molar-refractivity contribution in [1.82, 2.24) is 10.2 Å². The predicted octanol–water partition coefficient (Wildman–Crippen LogP) is 6.09. The fourth-order valence-corrected chi connectivity index (χ4v) is 6.39. The summed E-state index contributed by atoms with van der Waals surface area (Å²) in [6, 6.07) is 24.6. The maximum Gasteiger partial charge on any atom is 0.335 e. The molecule has 39 heavy (non-hydrogen) atoms. The van der Waals surface area contributed by atoms with E-state index < -0.39 is 5.97 Å². The van der Waals surface area contributed by atoms with Crippen molar-refractivity contribution >= 4 is 29.1 Å². The number of benzene rings is 3. The molecule has 0 radical (unpaired) electrons. The van der Waals surface area contributed by atoms with E-state index in [1.807, 2.05) is 12.1 Å². The monoisotopic (exact) mass is 543 g/mol. The summed E-state index contributed by atoms with van der Waals surface area (Å²) in [5.41, 5.74) is 7.55. The van der Waals surface area contributed by atoms with Crippen molar-refractivity contribution in [2.75, 3.05) is 19.0 Å². The standard InChI is InChI=1S/C32H37N3O3S/c1-34(19-22-6-10-24(11-7-22)27-4-3-5-29(36)18-27)28-16-14-25(15-17-28)30-21-39-32(33-30)35(2)20-23-8-12-26(13-9-23)31(37)38/h6-17,21,27,29,32-33,36H,3-5,18-20H2,1-2H3,(H,37,38). The number of rotatable bonds is 9. The lowest BCUT2D eigenvalue weighted by Crippen LogP contribution is -2.36. The zero-order valence-corrected chi connectivity index (χ0v) is 23.4. The Kier molecular flexibility index (Phi) is 8.60. The molecule has 3 unspecified atom stereocenters. The molecule has 0 spiro atoms. The zero-order chi connectivity index (χ0) is 27.4. The average Bonchev–Trinajstić information content (AvgIpc) is 3.45. The number of thioether (sulfide) groups is 1. The molecule has 3 atom stereocenters. The Morgan fingerprint density at radius 2 is 1.59 bits per heavy atom. The molecule has 3 aromatic carbocycles. The van der Waals surface area contributed by atoms with Gasteiger partial charge in [0.25, 0.3) is 0 Å². The Labute approximate surface area is 235 Å². The maximum absolute atomic E-state index is 11.1. The first-order valence-corrected chi connectivity index (χ1v) is 14.5. The summed E-state index contributed by atoms with van der Waals surface area (Å²) in [7, 11) is 4.19. The lowest BCUT2D eigenvalue weighted by Gasteiger charge is -2.26. The van der Waals surface area contributed by atoms with Crippen molar-refractivity contribution in [3.05, 3.63) is 106 Å². The molecule has 3 aromatic rings. The second-order valence-corrected chi connectivity index (χ2v) is 11.7. The number of nitrogens with zero attached hydrogens (tertiary/aromatic N) is 2. The molecular formula is C32H37N3O3S. The molecule has 204 valence electrons. The molecule has 6 nitrogen and oxygen atoms in total. The number of carboxylic acids is 1. The smallest absolute Gasteiger partial charge is 0.335 e. The zero-order valence-electron chi connectivity index (χ0n) is 22.6. The van der Waals surface area contributed by atoms with Crippen molar-refractivity contribution in [3.63, 3.8) is 0 Å². The van der Waals surface area contributed by atoms with Crippen LogP contribution in [0.2, 0.25) is 0 Å². The van der Waals surface area contributed by atoms with Gasteiger partial charge in [-0.3, -0.25) is 4.90 Å². The highest BCUT2D eigenvalue weighted by atomic mass is 32.2. The third-order valence-electron chi connectivity index (χ3n) is 7.76. The summed E-state index contributed by atoms with van der Waals surface area (Å²) in [5, 5.41) is 24.9. The van der Waals surface area contributed by atoms with Crippen LogP contribution in [0.25, 0.3) is 5.70 Å². The number of carboxylic acid groups (broad SMARTS) is 1. The van der Waals surface area contributed by atoms with Crippen molar-refractivity contribution in [2.45, 2.75) is 56.3 Å². The van der Waals surface area contributed by atoms with E-state index in [9.17, 15) is 9.90 Å². The summed E-state index contributed by atoms with van der Waals surface area (Å²) in [6.07, 6.45) is 3.96. The Hall–Kier alpha value is -3.26. The van der Waals surface area contributed by atoms with E-state index in [-0.39, 0.29) is 11.6 Å². The third-order valence-corrected chi connectivity index (χ3v) is 8.87. The Morgan fingerprint density at radius 3 is 2.26 bits per heavy atom. The van der Waals surface area contributed by atoms with Crippen molar-refractivity contribution < 1.29 is 15.0 Å². The quantitative estimate of drug-likeness (QED) is 0.302. The molecular weight excluding hydrogens is 506 g/mol. The van der Waals surface area contributed by atoms with Crippen LogP contribution in [0, 0.1) is 0 Å². The summed E-state index contributed by atoms with van der Waals surface area (Å²) in [4.78, 5) is 15.6. The highest BCUT2D eigenvalue weighted by Crippen LogP contribution is 2.33. The molecule has 1 aliphatic carbocycles. The first-order valence-electron chi connectivity index (χ1n) is 13.6. The largest absolute Gasteiger partial charge is 0.478 e. The van der Waals surface area contributed by atoms with Crippen LogP contribution in [0.5, 0.6) is 0 Å². The first-order chi connectivity index (χ1) is 18.9. The van der Waals surface area contributed by atoms with Crippen LogP contribution in [0.4, 0.5) is 5.69 Å². The van der Waals surface area contributed by atoms with E-state index in [1.165, 1.54) is 23.2 Å². The second kappa shape index (κ2) is 12.3. The fourth-order valence-electron chi connectivity index (χ4n) is 5.45. The molecule has 0 amide bonds. The highest BCUT2D eigenvalue weighted by molar-refractivity contribution is 8.03. The number of aromatic carboxylic acids is 1. The van der Waals surface area contributed by atoms with Crippen LogP contribution < -0.4 is 10.2 Å². The van der Waals surface area contributed by atoms with Crippen LogP contribution in [-0.2, 0) is 13.1 Å². The molecule has 1 heterocycles. The van der Waals surface area contributed by atoms with Crippen LogP contribution in [-0.4, -0.2) is 46.8 Å². The molecule has 0 aromatic heterocycles. The van der Waals surface area contributed by atoms with E-state index in [0.717, 1.165) is 49.2 Å². The van der Waals surface area contributed by atoms with Crippen LogP contribution in [0.3, 0.4) is 0 Å². The van der Waals surface area contributed by atoms with Crippen molar-refractivity contribution in [1.29, 1.82) is 0 Å². The maximum atomic E-state index is 11.1. The second-order valence-electron chi connectivity index (χ2n) is 10.7. The fraction of sp³-hybridized carbons (Fsp3) is 0.344. The van der Waals surface area contributed by atoms with E-state index in [1.54, 1.807) is 23.9 Å². The topological polar surface area (TPSA) is 76.0 Å². The van der Waals surface area contributed by atoms with Gasteiger partial charge in [0, 0.05) is 31.5 Å². The van der Waals surface area contributed by atoms with Crippen LogP contribution >= 0.6 is 11.8 Å². The Balaban J connectivity index is 1.13. The summed E-state index contributed by atoms with van der Waals surface area (Å²) in [6.45, 7) is 1.56. The summed E-state index contributed by atoms with van der Waals surface area (Å²) >= 11 is 1.74. The van der Waals surface area contributed by atoms with Gasteiger partial charge in [0.15, 0.2) is 0 Å². The molecule has 1 saturated carbocycles. The van der Waals surface area contributed by atoms with Gasteiger partial charge in [0.05, 0.1) is 11.7 Å². The van der Waals surface area contributed by atoms with Crippen molar-refractivity contribution in [3.8, 4) is 0 Å². The molecule has 2 aliphatic rings. The average molecular weight is 544 g/mol. The first kappa shape index (κ1) is 27.3. The third kappa shape index (κ3) is 6.85. The van der Waals surface area contributed by atoms with E-state index in [0.29, 0.717) is 11.5 Å². The number of nitrogens with one attached hydrogen (secondary N) is 1. The van der Waals surface area contributed by atoms with Gasteiger partial charge in [-0.05, 0) is 84.2 Å². The van der Waals surface area contributed by atoms with Crippen molar-refractivity contribution in [2.24, 2.45) is 0 Å². The van der Waals surface area contributed by atoms with Gasteiger partial charge < -0.3 is 20.4 Å². The lowest BCUT2D eigenvalue weighted by molar-refractivity contribution is 0.0696. The number of carbonyl (C=O) groups is 1. The van der Waals surface area contributed by atoms with E-state index >= 15 is 0 Å². The molecule has 7 heteroatoms. The van der Waals surface area contributed by atoms with Crippen LogP contribution in [0.15, 0.2) is 78.2 Å². The SMILES string of the molecule is CN(Cc1ccc(C2CCCC(O)C2)cc1)c1ccc(C2=CSC(N(C)Cc3ccc(C(=O)O)cc3)N2)cc1. The minimum absolute atomic E-state index is 0.112. The van der Waals surface area contributed by atoms with Gasteiger partial charge in [-0.25, -0.2) is 4.79 Å². The molecule has 1 aliphatic heterocycles. The number of anilines is 1. The van der Waals surface area contributed by atoms with Gasteiger partial charge in [-0.15, -0.1) is 0 Å². The van der Waals surface area contributed by atoms with Gasteiger partial charge in [-0.1, -0.05) is 66.7 Å². The molecule has 3 N–H and O–H groups in total.